The number of morpholine rings is 1. The molecule has 2 N–H and O–H groups in total. The minimum Gasteiger partial charge on any atom is -0.373 e. The average Bonchev–Trinajstić information content (AvgIpc) is 3.25. The highest BCUT2D eigenvalue weighted by Gasteiger charge is 2.26. The maximum absolute atomic E-state index is 13.0. The Bertz CT molecular complexity index is 1370. The first-order chi connectivity index (χ1) is 16.5. The van der Waals surface area contributed by atoms with Gasteiger partial charge in [0.15, 0.2) is 9.84 Å². The second kappa shape index (κ2) is 10.2. The van der Waals surface area contributed by atoms with E-state index in [1.807, 2.05) is 13.8 Å². The zero-order chi connectivity index (χ0) is 25.3. The summed E-state index contributed by atoms with van der Waals surface area (Å²) in [5.41, 5.74) is 5.95. The number of nitrogens with two attached hydrogens (primary N) is 1. The van der Waals surface area contributed by atoms with Gasteiger partial charge in [0.1, 0.15) is 0 Å². The van der Waals surface area contributed by atoms with Gasteiger partial charge in [-0.1, -0.05) is 23.5 Å². The van der Waals surface area contributed by atoms with E-state index in [9.17, 15) is 18.0 Å². The Morgan fingerprint density at radius 1 is 1.17 bits per heavy atom. The van der Waals surface area contributed by atoms with Crippen LogP contribution >= 0.6 is 23.1 Å². The van der Waals surface area contributed by atoms with Crippen LogP contribution in [0.1, 0.15) is 34.6 Å². The van der Waals surface area contributed by atoms with Gasteiger partial charge in [0.2, 0.25) is 11.0 Å². The standard InChI is InChI=1S/C23H25ClN4O5S2/c1-14-12-27(13-15(2)33-14)9-10-35(31,32)16-7-8-19-20(11-16)34-23(26-19)28(24)22(30)18-6-4-3-5-17(18)21(25)29/h3-8,11,14-15H,9-10,12-13H2,1-2H3,(H2,25,29). The van der Waals surface area contributed by atoms with E-state index in [0.717, 1.165) is 15.8 Å². The quantitative estimate of drug-likeness (QED) is 0.460. The number of hydrogen-bond acceptors (Lipinski definition) is 8. The molecule has 2 unspecified atom stereocenters. The minimum absolute atomic E-state index is 0.0202. The Hall–Kier alpha value is -2.57. The van der Waals surface area contributed by atoms with E-state index >= 15 is 0 Å². The Morgan fingerprint density at radius 3 is 2.49 bits per heavy atom. The molecular formula is C23H25ClN4O5S2. The number of primary amides is 1. The smallest absolute Gasteiger partial charge is 0.275 e. The summed E-state index contributed by atoms with van der Waals surface area (Å²) in [5, 5.41) is 0.150. The molecule has 0 bridgehead atoms. The third-order valence-electron chi connectivity index (χ3n) is 5.65. The molecule has 1 saturated heterocycles. The van der Waals surface area contributed by atoms with Crippen molar-refractivity contribution < 1.29 is 22.7 Å². The Kier molecular flexibility index (Phi) is 7.43. The lowest BCUT2D eigenvalue weighted by atomic mass is 10.1. The van der Waals surface area contributed by atoms with Gasteiger partial charge < -0.3 is 10.5 Å². The zero-order valence-electron chi connectivity index (χ0n) is 19.2. The molecule has 12 heteroatoms. The van der Waals surface area contributed by atoms with Gasteiger partial charge in [0.25, 0.3) is 5.91 Å². The predicted molar refractivity (Wildman–Crippen MR) is 136 cm³/mol. The van der Waals surface area contributed by atoms with Gasteiger partial charge in [-0.3, -0.25) is 14.5 Å². The van der Waals surface area contributed by atoms with Gasteiger partial charge in [-0.05, 0) is 44.2 Å². The van der Waals surface area contributed by atoms with Crippen LogP contribution in [0.4, 0.5) is 5.13 Å². The van der Waals surface area contributed by atoms with Crippen molar-refractivity contribution in [2.75, 3.05) is 29.8 Å². The summed E-state index contributed by atoms with van der Waals surface area (Å²) in [4.78, 5) is 31.2. The zero-order valence-corrected chi connectivity index (χ0v) is 21.6. The predicted octanol–water partition coefficient (Wildman–Crippen LogP) is 3.08. The fraction of sp³-hybridized carbons (Fsp3) is 0.348. The highest BCUT2D eigenvalue weighted by Crippen LogP contribution is 2.33. The SMILES string of the molecule is CC1CN(CCS(=O)(=O)c2ccc3nc(N(Cl)C(=O)c4ccccc4C(N)=O)sc3c2)CC(C)O1. The topological polar surface area (TPSA) is 123 Å². The number of carbonyl (C=O) groups excluding carboxylic acids is 2. The molecule has 2 atom stereocenters. The highest BCUT2D eigenvalue weighted by atomic mass is 35.5. The van der Waals surface area contributed by atoms with Crippen LogP contribution in [0.5, 0.6) is 0 Å². The molecule has 2 aromatic carbocycles. The second-order valence-electron chi connectivity index (χ2n) is 8.46. The van der Waals surface area contributed by atoms with Crippen LogP contribution in [-0.2, 0) is 14.6 Å². The lowest BCUT2D eigenvalue weighted by Crippen LogP contribution is -2.46. The number of carbonyl (C=O) groups is 2. The summed E-state index contributed by atoms with van der Waals surface area (Å²) >= 11 is 7.35. The van der Waals surface area contributed by atoms with Gasteiger partial charge in [-0.15, -0.1) is 0 Å². The normalized spacial score (nSPS) is 19.1. The number of sulfone groups is 1. The number of hydrogen-bond donors (Lipinski definition) is 1. The molecule has 2 amide bonds. The molecule has 0 radical (unpaired) electrons. The molecule has 2 heterocycles. The summed E-state index contributed by atoms with van der Waals surface area (Å²) in [5.74, 6) is -1.44. The van der Waals surface area contributed by atoms with Crippen LogP contribution < -0.4 is 10.2 Å². The lowest BCUT2D eigenvalue weighted by Gasteiger charge is -2.35. The maximum Gasteiger partial charge on any atom is 0.275 e. The molecule has 4 rings (SSSR count). The van der Waals surface area contributed by atoms with E-state index in [2.05, 4.69) is 9.88 Å². The molecule has 1 aliphatic rings. The number of amides is 2. The van der Waals surface area contributed by atoms with Crippen molar-refractivity contribution in [1.29, 1.82) is 0 Å². The van der Waals surface area contributed by atoms with E-state index in [1.165, 1.54) is 18.2 Å². The number of halogens is 1. The first-order valence-electron chi connectivity index (χ1n) is 11.0. The van der Waals surface area contributed by atoms with E-state index in [4.69, 9.17) is 22.2 Å². The van der Waals surface area contributed by atoms with Gasteiger partial charge in [-0.25, -0.2) is 13.4 Å². The molecule has 0 saturated carbocycles. The van der Waals surface area contributed by atoms with E-state index in [1.54, 1.807) is 24.3 Å². The molecular weight excluding hydrogens is 512 g/mol. The molecule has 3 aromatic rings. The van der Waals surface area contributed by atoms with Crippen LogP contribution in [0.25, 0.3) is 10.2 Å². The third kappa shape index (κ3) is 5.65. The van der Waals surface area contributed by atoms with Crippen LogP contribution in [0.3, 0.4) is 0 Å². The van der Waals surface area contributed by atoms with Crippen molar-refractivity contribution in [2.24, 2.45) is 5.73 Å². The number of fused-ring (bicyclic) bond motifs is 1. The molecule has 0 spiro atoms. The van der Waals surface area contributed by atoms with Crippen LogP contribution in [0.2, 0.25) is 0 Å². The van der Waals surface area contributed by atoms with Gasteiger partial charge in [0, 0.05) is 31.4 Å². The number of rotatable bonds is 7. The minimum atomic E-state index is -3.54. The van der Waals surface area contributed by atoms with Crippen LogP contribution in [0, 0.1) is 0 Å². The summed E-state index contributed by atoms with van der Waals surface area (Å²) in [6, 6.07) is 10.7. The lowest BCUT2D eigenvalue weighted by molar-refractivity contribution is -0.0662. The maximum atomic E-state index is 13.0. The number of benzene rings is 2. The average molecular weight is 537 g/mol. The first kappa shape index (κ1) is 25.5. The van der Waals surface area contributed by atoms with Crippen LogP contribution in [-0.4, -0.2) is 67.7 Å². The molecule has 9 nitrogen and oxygen atoms in total. The van der Waals surface area contributed by atoms with Gasteiger partial charge in [-0.2, -0.15) is 4.42 Å². The fourth-order valence-electron chi connectivity index (χ4n) is 4.08. The van der Waals surface area contributed by atoms with Crippen molar-refractivity contribution in [3.63, 3.8) is 0 Å². The van der Waals surface area contributed by atoms with Crippen LogP contribution in [0.15, 0.2) is 47.4 Å². The number of aromatic nitrogens is 1. The molecule has 1 fully saturated rings. The molecule has 0 aliphatic carbocycles. The van der Waals surface area contributed by atoms with Crippen molar-refractivity contribution in [3.8, 4) is 0 Å². The van der Waals surface area contributed by atoms with Crippen molar-refractivity contribution in [3.05, 3.63) is 53.6 Å². The van der Waals surface area contributed by atoms with E-state index in [-0.39, 0.29) is 39.1 Å². The molecule has 1 aliphatic heterocycles. The second-order valence-corrected chi connectivity index (χ2v) is 11.9. The Balaban J connectivity index is 1.53. The molecule has 1 aromatic heterocycles. The first-order valence-corrected chi connectivity index (χ1v) is 13.8. The van der Waals surface area contributed by atoms with Crippen molar-refractivity contribution in [1.82, 2.24) is 9.88 Å². The molecule has 35 heavy (non-hydrogen) atoms. The summed E-state index contributed by atoms with van der Waals surface area (Å²) < 4.78 is 33.1. The summed E-state index contributed by atoms with van der Waals surface area (Å²) in [6.45, 7) is 5.74. The monoisotopic (exact) mass is 536 g/mol. The summed E-state index contributed by atoms with van der Waals surface area (Å²) in [6.07, 6.45) is 0.120. The fourth-order valence-corrected chi connectivity index (χ4v) is 6.60. The third-order valence-corrected chi connectivity index (χ3v) is 8.76. The van der Waals surface area contributed by atoms with E-state index in [0.29, 0.717) is 29.9 Å². The number of ether oxygens (including phenoxy) is 1. The summed E-state index contributed by atoms with van der Waals surface area (Å²) in [7, 11) is -3.54. The number of thiazole rings is 1. The Morgan fingerprint density at radius 2 is 1.83 bits per heavy atom. The number of nitrogens with zero attached hydrogens (tertiary/aromatic N) is 3. The Labute approximate surface area is 212 Å². The van der Waals surface area contributed by atoms with Gasteiger partial charge in [0.05, 0.1) is 44.2 Å². The van der Waals surface area contributed by atoms with Gasteiger partial charge >= 0.3 is 0 Å². The van der Waals surface area contributed by atoms with Crippen molar-refractivity contribution >= 4 is 60.1 Å². The highest BCUT2D eigenvalue weighted by molar-refractivity contribution is 7.91. The largest absolute Gasteiger partial charge is 0.373 e. The number of anilines is 1. The van der Waals surface area contributed by atoms with E-state index < -0.39 is 21.7 Å². The molecule has 186 valence electrons. The van der Waals surface area contributed by atoms with Crippen molar-refractivity contribution in [2.45, 2.75) is 31.0 Å².